The topological polar surface area (TPSA) is 45.3 Å². The molecule has 230 valence electrons. The molecule has 1 amide bonds. The maximum Gasteiger partial charge on any atom is 0.232 e. The molecule has 0 spiro atoms. The Morgan fingerprint density at radius 2 is 1.65 bits per heavy atom. The Kier molecular flexibility index (Phi) is 9.57. The Morgan fingerprint density at radius 3 is 2.26 bits per heavy atom. The summed E-state index contributed by atoms with van der Waals surface area (Å²) in [6, 6.07) is 18.6. The number of halogens is 1. The fourth-order valence-corrected chi connectivity index (χ4v) is 7.00. The first-order chi connectivity index (χ1) is 20.5. The van der Waals surface area contributed by atoms with Crippen molar-refractivity contribution in [2.75, 3.05) is 44.6 Å². The van der Waals surface area contributed by atoms with E-state index in [0.29, 0.717) is 28.5 Å². The van der Waals surface area contributed by atoms with Crippen LogP contribution in [0.25, 0.3) is 0 Å². The van der Waals surface area contributed by atoms with Gasteiger partial charge in [-0.05, 0) is 131 Å². The van der Waals surface area contributed by atoms with Crippen molar-refractivity contribution in [2.24, 2.45) is 5.92 Å². The van der Waals surface area contributed by atoms with Crippen molar-refractivity contribution in [3.8, 4) is 11.5 Å². The summed E-state index contributed by atoms with van der Waals surface area (Å²) >= 11 is 6.29. The average Bonchev–Trinajstić information content (AvgIpc) is 2.96. The summed E-state index contributed by atoms with van der Waals surface area (Å²) in [4.78, 5) is 20.7. The second-order valence-electron chi connectivity index (χ2n) is 12.8. The molecule has 1 fully saturated rings. The molecule has 1 saturated carbocycles. The number of anilines is 2. The molecular formula is C36H46ClN3O3. The Morgan fingerprint density at radius 1 is 0.953 bits per heavy atom. The number of hydrogen-bond donors (Lipinski definition) is 0. The van der Waals surface area contributed by atoms with Crippen molar-refractivity contribution in [1.29, 1.82) is 0 Å². The molecule has 1 heterocycles. The van der Waals surface area contributed by atoms with Gasteiger partial charge in [0.05, 0.1) is 25.7 Å². The summed E-state index contributed by atoms with van der Waals surface area (Å²) in [5.41, 5.74) is 6.24. The Hall–Kier alpha value is -3.22. The van der Waals surface area contributed by atoms with E-state index in [-0.39, 0.29) is 24.5 Å². The minimum Gasteiger partial charge on any atom is -0.493 e. The van der Waals surface area contributed by atoms with Gasteiger partial charge in [0, 0.05) is 36.0 Å². The molecule has 0 saturated heterocycles. The normalized spacial score (nSPS) is 20.4. The first-order valence-corrected chi connectivity index (χ1v) is 15.9. The van der Waals surface area contributed by atoms with Gasteiger partial charge in [0.25, 0.3) is 0 Å². The predicted octanol–water partition coefficient (Wildman–Crippen LogP) is 7.68. The number of amides is 1. The van der Waals surface area contributed by atoms with Crippen LogP contribution in [0.2, 0.25) is 5.02 Å². The predicted molar refractivity (Wildman–Crippen MR) is 177 cm³/mol. The van der Waals surface area contributed by atoms with Gasteiger partial charge in [0.1, 0.15) is 0 Å². The summed E-state index contributed by atoms with van der Waals surface area (Å²) < 4.78 is 11.8. The molecule has 6 nitrogen and oxygen atoms in total. The summed E-state index contributed by atoms with van der Waals surface area (Å²) in [7, 11) is 8.22. The Balaban J connectivity index is 1.48. The number of rotatable bonds is 9. The molecular weight excluding hydrogens is 558 g/mol. The fourth-order valence-electron chi connectivity index (χ4n) is 6.88. The monoisotopic (exact) mass is 603 g/mol. The number of ether oxygens (including phenoxy) is 2. The van der Waals surface area contributed by atoms with Crippen molar-refractivity contribution >= 4 is 28.9 Å². The smallest absolute Gasteiger partial charge is 0.232 e. The number of benzene rings is 3. The highest BCUT2D eigenvalue weighted by molar-refractivity contribution is 6.30. The molecule has 2 aliphatic rings. The van der Waals surface area contributed by atoms with Crippen LogP contribution in [-0.4, -0.2) is 57.8 Å². The SMILES string of the molecule is COc1cc2c(cc1OC(C)C)[C@H](c1ccc(Cl)cc1)N(c1ccc(N(C)CC3CCC(N(C)C)CC3)c(C)c1)C(=O)C2. The van der Waals surface area contributed by atoms with Crippen LogP contribution in [0.4, 0.5) is 11.4 Å². The lowest BCUT2D eigenvalue weighted by molar-refractivity contribution is -0.118. The quantitative estimate of drug-likeness (QED) is 0.251. The second kappa shape index (κ2) is 13.2. The van der Waals surface area contributed by atoms with Crippen molar-refractivity contribution in [2.45, 2.75) is 71.1 Å². The molecule has 1 aliphatic carbocycles. The van der Waals surface area contributed by atoms with Gasteiger partial charge in [-0.25, -0.2) is 0 Å². The number of methoxy groups -OCH3 is 1. The summed E-state index contributed by atoms with van der Waals surface area (Å²) in [6.07, 6.45) is 5.34. The lowest BCUT2D eigenvalue weighted by Gasteiger charge is -2.39. The Labute approximate surface area is 262 Å². The van der Waals surface area contributed by atoms with Gasteiger partial charge in [-0.3, -0.25) is 4.79 Å². The van der Waals surface area contributed by atoms with Gasteiger partial charge in [-0.15, -0.1) is 0 Å². The molecule has 0 bridgehead atoms. The largest absolute Gasteiger partial charge is 0.493 e. The van der Waals surface area contributed by atoms with Gasteiger partial charge >= 0.3 is 0 Å². The van der Waals surface area contributed by atoms with Crippen molar-refractivity contribution < 1.29 is 14.3 Å². The van der Waals surface area contributed by atoms with E-state index >= 15 is 0 Å². The van der Waals surface area contributed by atoms with E-state index in [1.54, 1.807) is 7.11 Å². The van der Waals surface area contributed by atoms with Crippen LogP contribution >= 0.6 is 11.6 Å². The first-order valence-electron chi connectivity index (χ1n) is 15.5. The highest BCUT2D eigenvalue weighted by atomic mass is 35.5. The maximum absolute atomic E-state index is 14.0. The molecule has 0 unspecified atom stereocenters. The standard InChI is InChI=1S/C36H46ClN3O3/c1-23(2)43-34-21-31-27(19-33(34)42-7)20-35(41)40(36(31)26-10-12-28(37)13-11-26)30-16-17-32(24(3)18-30)39(6)22-25-8-14-29(15-9-25)38(4)5/h10-13,16-19,21,23,25,29,36H,8-9,14-15,20,22H2,1-7H3/t25?,29?,36-/m0/s1. The van der Waals surface area contributed by atoms with Crippen LogP contribution in [0, 0.1) is 12.8 Å². The molecule has 0 aromatic heterocycles. The fraction of sp³-hybridized carbons (Fsp3) is 0.472. The van der Waals surface area contributed by atoms with Crippen LogP contribution in [0.3, 0.4) is 0 Å². The lowest BCUT2D eigenvalue weighted by atomic mass is 9.85. The highest BCUT2D eigenvalue weighted by Crippen LogP contribution is 2.44. The molecule has 7 heteroatoms. The second-order valence-corrected chi connectivity index (χ2v) is 13.2. The minimum atomic E-state index is -0.330. The summed E-state index contributed by atoms with van der Waals surface area (Å²) in [6.45, 7) is 7.20. The first kappa shape index (κ1) is 31.2. The van der Waals surface area contributed by atoms with Gasteiger partial charge in [0.2, 0.25) is 5.91 Å². The van der Waals surface area contributed by atoms with E-state index < -0.39 is 0 Å². The van der Waals surface area contributed by atoms with Crippen LogP contribution in [-0.2, 0) is 11.2 Å². The van der Waals surface area contributed by atoms with Crippen LogP contribution in [0.1, 0.15) is 67.8 Å². The van der Waals surface area contributed by atoms with Crippen molar-refractivity contribution in [1.82, 2.24) is 4.90 Å². The number of aryl methyl sites for hydroxylation is 1. The molecule has 3 aromatic rings. The lowest BCUT2D eigenvalue weighted by Crippen LogP contribution is -2.41. The number of fused-ring (bicyclic) bond motifs is 1. The highest BCUT2D eigenvalue weighted by Gasteiger charge is 2.36. The number of nitrogens with zero attached hydrogens (tertiary/aromatic N) is 3. The zero-order valence-corrected chi connectivity index (χ0v) is 27.4. The van der Waals surface area contributed by atoms with Crippen molar-refractivity contribution in [3.05, 3.63) is 81.9 Å². The van der Waals surface area contributed by atoms with E-state index in [9.17, 15) is 4.79 Å². The Bertz CT molecular complexity index is 1430. The van der Waals surface area contributed by atoms with Gasteiger partial charge < -0.3 is 24.2 Å². The van der Waals surface area contributed by atoms with E-state index in [4.69, 9.17) is 21.1 Å². The molecule has 1 atom stereocenters. The van der Waals surface area contributed by atoms with Crippen molar-refractivity contribution in [3.63, 3.8) is 0 Å². The summed E-state index contributed by atoms with van der Waals surface area (Å²) in [5.74, 6) is 2.07. The van der Waals surface area contributed by atoms with Crippen LogP contribution in [0.15, 0.2) is 54.6 Å². The summed E-state index contributed by atoms with van der Waals surface area (Å²) in [5, 5.41) is 0.662. The van der Waals surface area contributed by atoms with Gasteiger partial charge in [0.15, 0.2) is 11.5 Å². The molecule has 1 aliphatic heterocycles. The van der Waals surface area contributed by atoms with Gasteiger partial charge in [-0.1, -0.05) is 23.7 Å². The third-order valence-corrected chi connectivity index (χ3v) is 9.34. The molecule has 0 N–H and O–H groups in total. The van der Waals surface area contributed by atoms with E-state index in [1.807, 2.05) is 55.1 Å². The molecule has 5 rings (SSSR count). The average molecular weight is 604 g/mol. The number of hydrogen-bond acceptors (Lipinski definition) is 5. The third kappa shape index (κ3) is 6.81. The molecule has 43 heavy (non-hydrogen) atoms. The zero-order valence-electron chi connectivity index (χ0n) is 26.7. The maximum atomic E-state index is 14.0. The third-order valence-electron chi connectivity index (χ3n) is 9.09. The van der Waals surface area contributed by atoms with E-state index in [2.05, 4.69) is 56.1 Å². The van der Waals surface area contributed by atoms with Crippen LogP contribution in [0.5, 0.6) is 11.5 Å². The number of carbonyl (C=O) groups excluding carboxylic acids is 1. The molecule has 3 aromatic carbocycles. The molecule has 0 radical (unpaired) electrons. The zero-order chi connectivity index (χ0) is 30.8. The van der Waals surface area contributed by atoms with Gasteiger partial charge in [-0.2, -0.15) is 0 Å². The van der Waals surface area contributed by atoms with E-state index in [0.717, 1.165) is 34.5 Å². The van der Waals surface area contributed by atoms with E-state index in [1.165, 1.54) is 31.4 Å². The minimum absolute atomic E-state index is 0.0162. The number of carbonyl (C=O) groups is 1. The van der Waals surface area contributed by atoms with Crippen LogP contribution < -0.4 is 19.3 Å².